The first-order valence-electron chi connectivity index (χ1n) is 7.15. The third kappa shape index (κ3) is 3.54. The molecular formula is C15H13BrN2O6S. The molecule has 0 saturated carbocycles. The van der Waals surface area contributed by atoms with E-state index >= 15 is 0 Å². The molecule has 2 aromatic rings. The molecule has 0 fully saturated rings. The van der Waals surface area contributed by atoms with Gasteiger partial charge in [0.15, 0.2) is 11.5 Å². The lowest BCUT2D eigenvalue weighted by atomic mass is 10.2. The van der Waals surface area contributed by atoms with Gasteiger partial charge in [-0.05, 0) is 28.4 Å². The Bertz CT molecular complexity index is 961. The lowest BCUT2D eigenvalue weighted by Gasteiger charge is -2.20. The lowest BCUT2D eigenvalue weighted by Crippen LogP contribution is -2.17. The van der Waals surface area contributed by atoms with Gasteiger partial charge in [-0.1, -0.05) is 6.07 Å². The predicted molar refractivity (Wildman–Crippen MR) is 93.8 cm³/mol. The molecule has 8 nitrogen and oxygen atoms in total. The highest BCUT2D eigenvalue weighted by molar-refractivity contribution is 9.10. The van der Waals surface area contributed by atoms with E-state index in [-0.39, 0.29) is 16.3 Å². The molecule has 25 heavy (non-hydrogen) atoms. The number of benzene rings is 2. The Morgan fingerprint density at radius 2 is 1.80 bits per heavy atom. The maximum Gasteiger partial charge on any atom is 0.270 e. The number of fused-ring (bicyclic) bond motifs is 1. The van der Waals surface area contributed by atoms with Gasteiger partial charge in [0.1, 0.15) is 13.2 Å². The maximum atomic E-state index is 12.7. The highest BCUT2D eigenvalue weighted by Crippen LogP contribution is 2.39. The number of nitrogens with zero attached hydrogens (tertiary/aromatic N) is 1. The monoisotopic (exact) mass is 428 g/mol. The SMILES string of the molecule is Cc1ccc([N+](=O)[O-])cc1S(=O)(=O)Nc1cc2c(cc1Br)OCCO2. The summed E-state index contributed by atoms with van der Waals surface area (Å²) in [5, 5.41) is 10.9. The van der Waals surface area contributed by atoms with Gasteiger partial charge in [0, 0.05) is 28.7 Å². The minimum atomic E-state index is -4.03. The highest BCUT2D eigenvalue weighted by atomic mass is 79.9. The zero-order chi connectivity index (χ0) is 18.2. The van der Waals surface area contributed by atoms with Gasteiger partial charge in [-0.2, -0.15) is 0 Å². The van der Waals surface area contributed by atoms with Crippen molar-refractivity contribution in [1.29, 1.82) is 0 Å². The van der Waals surface area contributed by atoms with Crippen LogP contribution in [0.2, 0.25) is 0 Å². The average molecular weight is 429 g/mol. The zero-order valence-electron chi connectivity index (χ0n) is 13.0. The largest absolute Gasteiger partial charge is 0.486 e. The summed E-state index contributed by atoms with van der Waals surface area (Å²) in [4.78, 5) is 10.1. The van der Waals surface area contributed by atoms with E-state index in [4.69, 9.17) is 9.47 Å². The quantitative estimate of drug-likeness (QED) is 0.591. The van der Waals surface area contributed by atoms with Crippen LogP contribution in [0.15, 0.2) is 39.7 Å². The van der Waals surface area contributed by atoms with Crippen molar-refractivity contribution in [1.82, 2.24) is 0 Å². The average Bonchev–Trinajstić information content (AvgIpc) is 2.55. The topological polar surface area (TPSA) is 108 Å². The summed E-state index contributed by atoms with van der Waals surface area (Å²) in [7, 11) is -4.03. The molecule has 0 aliphatic carbocycles. The molecule has 1 aliphatic heterocycles. The van der Waals surface area contributed by atoms with E-state index in [1.165, 1.54) is 18.2 Å². The lowest BCUT2D eigenvalue weighted by molar-refractivity contribution is -0.385. The molecule has 3 rings (SSSR count). The van der Waals surface area contributed by atoms with Crippen molar-refractivity contribution >= 4 is 37.3 Å². The first-order chi connectivity index (χ1) is 11.8. The van der Waals surface area contributed by atoms with Gasteiger partial charge in [0.2, 0.25) is 0 Å². The van der Waals surface area contributed by atoms with Crippen LogP contribution in [0.25, 0.3) is 0 Å². The van der Waals surface area contributed by atoms with E-state index in [0.29, 0.717) is 34.7 Å². The predicted octanol–water partition coefficient (Wildman–Crippen LogP) is 3.24. The molecule has 0 saturated heterocycles. The Labute approximate surface area is 152 Å². The number of nitro benzene ring substituents is 1. The Kier molecular flexibility index (Phi) is 4.56. The molecule has 0 spiro atoms. The fraction of sp³-hybridized carbons (Fsp3) is 0.200. The molecule has 0 aromatic heterocycles. The molecule has 0 bridgehead atoms. The summed E-state index contributed by atoms with van der Waals surface area (Å²) < 4.78 is 39.1. The fourth-order valence-electron chi connectivity index (χ4n) is 2.33. The standard InChI is InChI=1S/C15H13BrN2O6S/c1-9-2-3-10(18(19)20)6-15(9)25(21,22)17-12-8-14-13(7-11(12)16)23-4-5-24-14/h2-3,6-8,17H,4-5H2,1H3. The van der Waals surface area contributed by atoms with E-state index in [2.05, 4.69) is 20.7 Å². The number of ether oxygens (including phenoxy) is 2. The molecule has 1 aliphatic rings. The Morgan fingerprint density at radius 1 is 1.16 bits per heavy atom. The van der Waals surface area contributed by atoms with Crippen LogP contribution in [0.4, 0.5) is 11.4 Å². The number of halogens is 1. The minimum Gasteiger partial charge on any atom is -0.486 e. The number of aryl methyl sites for hydroxylation is 1. The summed E-state index contributed by atoms with van der Waals surface area (Å²) in [5.74, 6) is 0.926. The van der Waals surface area contributed by atoms with E-state index in [1.54, 1.807) is 13.0 Å². The summed E-state index contributed by atoms with van der Waals surface area (Å²) in [6.45, 7) is 2.35. The second kappa shape index (κ2) is 6.52. The molecule has 0 amide bonds. The number of nitro groups is 1. The van der Waals surface area contributed by atoms with E-state index in [9.17, 15) is 18.5 Å². The van der Waals surface area contributed by atoms with Gasteiger partial charge in [0.05, 0.1) is 15.5 Å². The van der Waals surface area contributed by atoms with Crippen LogP contribution in [0.3, 0.4) is 0 Å². The van der Waals surface area contributed by atoms with Crippen molar-refractivity contribution in [2.45, 2.75) is 11.8 Å². The summed E-state index contributed by atoms with van der Waals surface area (Å²) in [6, 6.07) is 6.79. The number of hydrogen-bond donors (Lipinski definition) is 1. The Hall–Kier alpha value is -2.33. The first kappa shape index (κ1) is 17.5. The van der Waals surface area contributed by atoms with Crippen molar-refractivity contribution in [3.63, 3.8) is 0 Å². The van der Waals surface area contributed by atoms with Crippen LogP contribution in [0, 0.1) is 17.0 Å². The molecular weight excluding hydrogens is 416 g/mol. The molecule has 10 heteroatoms. The second-order valence-corrected chi connectivity index (χ2v) is 7.79. The Balaban J connectivity index is 2.00. The maximum absolute atomic E-state index is 12.7. The Morgan fingerprint density at radius 3 is 2.44 bits per heavy atom. The first-order valence-corrected chi connectivity index (χ1v) is 9.42. The highest BCUT2D eigenvalue weighted by Gasteiger charge is 2.23. The smallest absolute Gasteiger partial charge is 0.270 e. The number of hydrogen-bond acceptors (Lipinski definition) is 6. The fourth-order valence-corrected chi connectivity index (χ4v) is 4.22. The number of rotatable bonds is 4. The molecule has 0 unspecified atom stereocenters. The van der Waals surface area contributed by atoms with Crippen molar-refractivity contribution in [3.8, 4) is 11.5 Å². The van der Waals surface area contributed by atoms with Gasteiger partial charge < -0.3 is 9.47 Å². The van der Waals surface area contributed by atoms with Crippen molar-refractivity contribution in [3.05, 3.63) is 50.5 Å². The van der Waals surface area contributed by atoms with Gasteiger partial charge in [-0.15, -0.1) is 0 Å². The minimum absolute atomic E-state index is 0.163. The van der Waals surface area contributed by atoms with Crippen molar-refractivity contribution < 1.29 is 22.8 Å². The molecule has 132 valence electrons. The van der Waals surface area contributed by atoms with Crippen LogP contribution in [-0.2, 0) is 10.0 Å². The van der Waals surface area contributed by atoms with Gasteiger partial charge in [0.25, 0.3) is 15.7 Å². The zero-order valence-corrected chi connectivity index (χ0v) is 15.4. The van der Waals surface area contributed by atoms with Crippen LogP contribution < -0.4 is 14.2 Å². The summed E-state index contributed by atoms with van der Waals surface area (Å²) in [6.07, 6.45) is 0. The molecule has 0 atom stereocenters. The van der Waals surface area contributed by atoms with Crippen LogP contribution in [0.5, 0.6) is 11.5 Å². The summed E-state index contributed by atoms with van der Waals surface area (Å²) in [5.41, 5.74) is 0.342. The van der Waals surface area contributed by atoms with Crippen LogP contribution in [0.1, 0.15) is 5.56 Å². The van der Waals surface area contributed by atoms with E-state index < -0.39 is 14.9 Å². The third-order valence-electron chi connectivity index (χ3n) is 3.55. The van der Waals surface area contributed by atoms with E-state index in [0.717, 1.165) is 6.07 Å². The third-order valence-corrected chi connectivity index (χ3v) is 5.71. The molecule has 0 radical (unpaired) electrons. The van der Waals surface area contributed by atoms with E-state index in [1.807, 2.05) is 0 Å². The second-order valence-electron chi connectivity index (χ2n) is 5.29. The number of non-ortho nitro benzene ring substituents is 1. The van der Waals surface area contributed by atoms with Crippen LogP contribution >= 0.6 is 15.9 Å². The van der Waals surface area contributed by atoms with Crippen molar-refractivity contribution in [2.24, 2.45) is 0 Å². The summed E-state index contributed by atoms with van der Waals surface area (Å²) >= 11 is 3.29. The van der Waals surface area contributed by atoms with Gasteiger partial charge >= 0.3 is 0 Å². The van der Waals surface area contributed by atoms with Crippen LogP contribution in [-0.4, -0.2) is 26.6 Å². The van der Waals surface area contributed by atoms with Gasteiger partial charge in [-0.3, -0.25) is 14.8 Å². The number of nitrogens with one attached hydrogen (secondary N) is 1. The molecule has 1 N–H and O–H groups in total. The normalized spacial score (nSPS) is 13.4. The molecule has 2 aromatic carbocycles. The number of anilines is 1. The van der Waals surface area contributed by atoms with Gasteiger partial charge in [-0.25, -0.2) is 8.42 Å². The number of sulfonamides is 1. The molecule has 1 heterocycles. The van der Waals surface area contributed by atoms with Crippen molar-refractivity contribution in [2.75, 3.05) is 17.9 Å².